The van der Waals surface area contributed by atoms with Crippen molar-refractivity contribution in [3.63, 3.8) is 0 Å². The van der Waals surface area contributed by atoms with Crippen molar-refractivity contribution in [3.8, 4) is 0 Å². The van der Waals surface area contributed by atoms with Crippen molar-refractivity contribution in [2.45, 2.75) is 0 Å². The molecule has 0 amide bonds. The second-order valence-electron chi connectivity index (χ2n) is 0.889. The Kier molecular flexibility index (Phi) is 0.887. The van der Waals surface area contributed by atoms with E-state index in [0.29, 0.717) is 14.8 Å². The van der Waals surface area contributed by atoms with E-state index in [-0.39, 0.29) is 5.71 Å². The third kappa shape index (κ3) is 0.575. The maximum atomic E-state index is 9.98. The molecule has 0 saturated carbocycles. The fraction of sp³-hybridized carbons (Fsp3) is 0.333. The van der Waals surface area contributed by atoms with Crippen molar-refractivity contribution in [3.05, 3.63) is 0 Å². The van der Waals surface area contributed by atoms with Crippen molar-refractivity contribution in [2.75, 3.05) is 6.61 Å². The molecule has 0 aromatic rings. The van der Waals surface area contributed by atoms with Crippen LogP contribution in [0.25, 0.3) is 0 Å². The summed E-state index contributed by atoms with van der Waals surface area (Å²) in [6.45, 7) is 0.500. The van der Waals surface area contributed by atoms with Gasteiger partial charge in [-0.05, 0) is 5.80 Å². The predicted molar refractivity (Wildman–Crippen MR) is 24.3 cm³/mol. The SMILES string of the molecule is O=C1OCC=P1. The quantitative estimate of drug-likeness (QED) is 0.424. The van der Waals surface area contributed by atoms with Crippen LogP contribution in [-0.2, 0) is 4.74 Å². The Morgan fingerprint density at radius 2 is 2.83 bits per heavy atom. The summed E-state index contributed by atoms with van der Waals surface area (Å²) in [5.74, 6) is 1.78. The van der Waals surface area contributed by atoms with Gasteiger partial charge >= 0.3 is 5.71 Å². The lowest BCUT2D eigenvalue weighted by Crippen LogP contribution is -1.85. The lowest BCUT2D eigenvalue weighted by Gasteiger charge is -1.80. The Bertz CT molecular complexity index is 97.0. The maximum absolute atomic E-state index is 9.98. The van der Waals surface area contributed by atoms with Crippen molar-refractivity contribution in [1.29, 1.82) is 0 Å². The summed E-state index contributed by atoms with van der Waals surface area (Å²) < 4.78 is 4.45. The Hall–Kier alpha value is -0.360. The van der Waals surface area contributed by atoms with E-state index in [4.69, 9.17) is 0 Å². The molecule has 1 aliphatic rings. The van der Waals surface area contributed by atoms with Gasteiger partial charge in [0.1, 0.15) is 6.61 Å². The highest BCUT2D eigenvalue weighted by Gasteiger charge is 1.99. The molecule has 0 unspecified atom stereocenters. The first-order valence-electron chi connectivity index (χ1n) is 1.59. The molecule has 1 rings (SSSR count). The topological polar surface area (TPSA) is 26.3 Å². The Morgan fingerprint density at radius 3 is 3.00 bits per heavy atom. The molecule has 0 radical (unpaired) electrons. The highest BCUT2D eigenvalue weighted by Crippen LogP contribution is 2.05. The molecule has 2 nitrogen and oxygen atoms in total. The van der Waals surface area contributed by atoms with E-state index in [0.717, 1.165) is 0 Å². The van der Waals surface area contributed by atoms with Crippen molar-refractivity contribution < 1.29 is 9.53 Å². The molecule has 0 N–H and O–H groups in total. The van der Waals surface area contributed by atoms with Crippen LogP contribution in [-0.4, -0.2) is 18.1 Å². The van der Waals surface area contributed by atoms with Crippen LogP contribution in [0.2, 0.25) is 0 Å². The zero-order valence-electron chi connectivity index (χ0n) is 3.05. The molecule has 0 fully saturated rings. The summed E-state index contributed by atoms with van der Waals surface area (Å²) in [7, 11) is 0.704. The summed E-state index contributed by atoms with van der Waals surface area (Å²) >= 11 is 0. The zero-order chi connectivity index (χ0) is 4.41. The van der Waals surface area contributed by atoms with E-state index < -0.39 is 0 Å². The van der Waals surface area contributed by atoms with E-state index in [9.17, 15) is 4.79 Å². The van der Waals surface area contributed by atoms with Crippen molar-refractivity contribution in [2.24, 2.45) is 0 Å². The van der Waals surface area contributed by atoms with E-state index >= 15 is 0 Å². The molecule has 0 aliphatic carbocycles. The van der Waals surface area contributed by atoms with Crippen LogP contribution < -0.4 is 0 Å². The summed E-state index contributed by atoms with van der Waals surface area (Å²) in [4.78, 5) is 9.98. The Labute approximate surface area is 36.9 Å². The number of cyclic esters (lactones) is 1. The molecule has 0 saturated heterocycles. The van der Waals surface area contributed by atoms with Crippen LogP contribution in [0.1, 0.15) is 0 Å². The van der Waals surface area contributed by atoms with E-state index in [1.165, 1.54) is 0 Å². The van der Waals surface area contributed by atoms with Gasteiger partial charge in [-0.15, -0.1) is 0 Å². The fourth-order valence-electron chi connectivity index (χ4n) is 0.258. The molecule has 1 heterocycles. The van der Waals surface area contributed by atoms with E-state index in [1.54, 1.807) is 5.80 Å². The van der Waals surface area contributed by atoms with Gasteiger partial charge < -0.3 is 4.74 Å². The summed E-state index contributed by atoms with van der Waals surface area (Å²) in [6.07, 6.45) is 0. The predicted octanol–water partition coefficient (Wildman–Crippen LogP) is 0.885. The molecule has 0 aromatic heterocycles. The van der Waals surface area contributed by atoms with Crippen LogP contribution >= 0.6 is 8.20 Å². The Morgan fingerprint density at radius 1 is 2.00 bits per heavy atom. The first kappa shape index (κ1) is 3.82. The first-order valence-corrected chi connectivity index (χ1v) is 2.55. The number of carbonyl (C=O) groups excluding carboxylic acids is 1. The maximum Gasteiger partial charge on any atom is 0.356 e. The third-order valence-electron chi connectivity index (χ3n) is 0.478. The number of carbonyl (C=O) groups is 1. The molecule has 1 aliphatic heterocycles. The average molecular weight is 102 g/mol. The van der Waals surface area contributed by atoms with E-state index in [2.05, 4.69) is 4.74 Å². The largest absolute Gasteiger partial charge is 0.455 e. The van der Waals surface area contributed by atoms with Crippen LogP contribution in [0, 0.1) is 0 Å². The molecule has 32 valence electrons. The smallest absolute Gasteiger partial charge is 0.356 e. The first-order chi connectivity index (χ1) is 2.89. The second-order valence-corrected chi connectivity index (χ2v) is 1.88. The summed E-state index contributed by atoms with van der Waals surface area (Å²) in [5, 5.41) is 0. The molecule has 0 aromatic carbocycles. The fourth-order valence-corrected chi connectivity index (χ4v) is 0.705. The molecular weight excluding hydrogens is 99.0 g/mol. The van der Waals surface area contributed by atoms with Crippen LogP contribution in [0.5, 0.6) is 0 Å². The molecule has 0 bridgehead atoms. The third-order valence-corrected chi connectivity index (χ3v) is 1.15. The molecule has 0 spiro atoms. The van der Waals surface area contributed by atoms with Gasteiger partial charge in [0, 0.05) is 8.20 Å². The molecule has 0 atom stereocenters. The molecule has 3 heteroatoms. The van der Waals surface area contributed by atoms with Crippen LogP contribution in [0.15, 0.2) is 0 Å². The number of rotatable bonds is 0. The minimum atomic E-state index is -0.130. The summed E-state index contributed by atoms with van der Waals surface area (Å²) in [6, 6.07) is 0. The minimum absolute atomic E-state index is 0.130. The highest BCUT2D eigenvalue weighted by atomic mass is 31.1. The number of ether oxygens (including phenoxy) is 1. The lowest BCUT2D eigenvalue weighted by molar-refractivity contribution is 0.194. The standard InChI is InChI=1S/C3H3O2P/c4-3-5-1-2-6-3/h2H,1H2. The number of hydrogen-bond donors (Lipinski definition) is 0. The van der Waals surface area contributed by atoms with Gasteiger partial charge in [-0.1, -0.05) is 0 Å². The van der Waals surface area contributed by atoms with Crippen LogP contribution in [0.3, 0.4) is 0 Å². The van der Waals surface area contributed by atoms with Gasteiger partial charge in [0.15, 0.2) is 0 Å². The second kappa shape index (κ2) is 1.39. The Balaban J connectivity index is 2.59. The normalized spacial score (nSPS) is 21.0. The van der Waals surface area contributed by atoms with E-state index in [1.807, 2.05) is 0 Å². The average Bonchev–Trinajstić information content (AvgIpc) is 1.86. The minimum Gasteiger partial charge on any atom is -0.455 e. The van der Waals surface area contributed by atoms with Crippen LogP contribution in [0.4, 0.5) is 4.79 Å². The number of hydrogen-bond acceptors (Lipinski definition) is 2. The van der Waals surface area contributed by atoms with Gasteiger partial charge in [0.2, 0.25) is 0 Å². The zero-order valence-corrected chi connectivity index (χ0v) is 3.94. The van der Waals surface area contributed by atoms with Gasteiger partial charge in [-0.3, -0.25) is 0 Å². The van der Waals surface area contributed by atoms with Crippen molar-refractivity contribution >= 4 is 19.7 Å². The lowest BCUT2D eigenvalue weighted by atomic mass is 10.9. The molecule has 6 heavy (non-hydrogen) atoms. The van der Waals surface area contributed by atoms with Gasteiger partial charge in [-0.25, -0.2) is 4.79 Å². The monoisotopic (exact) mass is 102 g/mol. The molecular formula is C3H3O2P. The highest BCUT2D eigenvalue weighted by molar-refractivity contribution is 7.57. The van der Waals surface area contributed by atoms with Gasteiger partial charge in [-0.2, -0.15) is 0 Å². The van der Waals surface area contributed by atoms with Crippen molar-refractivity contribution in [1.82, 2.24) is 0 Å². The summed E-state index contributed by atoms with van der Waals surface area (Å²) in [5.41, 5.74) is -0.130. The van der Waals surface area contributed by atoms with Gasteiger partial charge in [0.05, 0.1) is 0 Å². The van der Waals surface area contributed by atoms with Gasteiger partial charge in [0.25, 0.3) is 0 Å².